The van der Waals surface area contributed by atoms with Gasteiger partial charge in [0.05, 0.1) is 6.54 Å². The molecule has 0 saturated heterocycles. The molecule has 1 atom stereocenters. The molecule has 0 aliphatic carbocycles. The van der Waals surface area contributed by atoms with E-state index in [2.05, 4.69) is 4.99 Å². The van der Waals surface area contributed by atoms with Gasteiger partial charge in [0, 0.05) is 12.3 Å². The van der Waals surface area contributed by atoms with Crippen LogP contribution in [0.1, 0.15) is 6.92 Å². The largest absolute Gasteiger partial charge is 0.324 e. The smallest absolute Gasteiger partial charge is 0.0618 e. The number of allylic oxidation sites excluding steroid dienone is 1. The van der Waals surface area contributed by atoms with Crippen LogP contribution in [0.25, 0.3) is 0 Å². The van der Waals surface area contributed by atoms with Crippen molar-refractivity contribution in [2.24, 2.45) is 10.7 Å². The standard InChI is InChI=1S/C6H10N2/c1-5(7)6-2-3-8-4-6/h2-3,5H,4,7H2,1H3/t5-/m0/s1. The van der Waals surface area contributed by atoms with E-state index in [1.807, 2.05) is 13.0 Å². The number of aliphatic imine (C=N–C) groups is 1. The third-order valence-electron chi connectivity index (χ3n) is 1.25. The lowest BCUT2D eigenvalue weighted by molar-refractivity contribution is 0.841. The molecule has 1 heterocycles. The van der Waals surface area contributed by atoms with Crippen molar-refractivity contribution in [1.29, 1.82) is 0 Å². The van der Waals surface area contributed by atoms with Crippen molar-refractivity contribution in [3.05, 3.63) is 11.6 Å². The zero-order valence-corrected chi connectivity index (χ0v) is 4.96. The van der Waals surface area contributed by atoms with Gasteiger partial charge in [-0.3, -0.25) is 4.99 Å². The van der Waals surface area contributed by atoms with Gasteiger partial charge in [-0.05, 0) is 18.6 Å². The Labute approximate surface area is 49.1 Å². The first-order valence-corrected chi connectivity index (χ1v) is 2.75. The first-order chi connectivity index (χ1) is 3.80. The second-order valence-electron chi connectivity index (χ2n) is 2.02. The van der Waals surface area contributed by atoms with Crippen LogP contribution in [0, 0.1) is 0 Å². The molecule has 0 aromatic carbocycles. The lowest BCUT2D eigenvalue weighted by Gasteiger charge is -2.02. The van der Waals surface area contributed by atoms with Gasteiger partial charge < -0.3 is 5.73 Å². The molecular weight excluding hydrogens is 100 g/mol. The fraction of sp³-hybridized carbons (Fsp3) is 0.500. The molecule has 2 N–H and O–H groups in total. The van der Waals surface area contributed by atoms with Gasteiger partial charge in [0.25, 0.3) is 0 Å². The van der Waals surface area contributed by atoms with Gasteiger partial charge in [-0.2, -0.15) is 0 Å². The summed E-state index contributed by atoms with van der Waals surface area (Å²) in [6.45, 7) is 2.78. The molecule has 1 aliphatic heterocycles. The minimum absolute atomic E-state index is 0.178. The van der Waals surface area contributed by atoms with Crippen LogP contribution in [-0.2, 0) is 0 Å². The third-order valence-corrected chi connectivity index (χ3v) is 1.25. The average Bonchev–Trinajstić information content (AvgIpc) is 2.12. The van der Waals surface area contributed by atoms with Crippen molar-refractivity contribution < 1.29 is 0 Å². The predicted molar refractivity (Wildman–Crippen MR) is 35.1 cm³/mol. The molecule has 0 spiro atoms. The molecular formula is C6H10N2. The Morgan fingerprint density at radius 1 is 1.88 bits per heavy atom. The Morgan fingerprint density at radius 3 is 2.88 bits per heavy atom. The van der Waals surface area contributed by atoms with Crippen molar-refractivity contribution >= 4 is 6.21 Å². The van der Waals surface area contributed by atoms with Crippen LogP contribution in [-0.4, -0.2) is 18.8 Å². The number of nitrogens with two attached hydrogens (primary N) is 1. The van der Waals surface area contributed by atoms with Crippen LogP contribution in [0.3, 0.4) is 0 Å². The Kier molecular flexibility index (Phi) is 1.44. The fourth-order valence-corrected chi connectivity index (χ4v) is 0.655. The summed E-state index contributed by atoms with van der Waals surface area (Å²) in [5.41, 5.74) is 6.78. The zero-order chi connectivity index (χ0) is 5.98. The molecule has 2 heteroatoms. The number of nitrogens with zero attached hydrogens (tertiary/aromatic N) is 1. The van der Waals surface area contributed by atoms with Crippen LogP contribution in [0.4, 0.5) is 0 Å². The molecule has 8 heavy (non-hydrogen) atoms. The second kappa shape index (κ2) is 2.09. The summed E-state index contributed by atoms with van der Waals surface area (Å²) >= 11 is 0. The lowest BCUT2D eigenvalue weighted by atomic mass is 10.1. The van der Waals surface area contributed by atoms with E-state index in [4.69, 9.17) is 5.73 Å². The highest BCUT2D eigenvalue weighted by atomic mass is 14.8. The third kappa shape index (κ3) is 0.954. The monoisotopic (exact) mass is 110 g/mol. The topological polar surface area (TPSA) is 38.4 Å². The fourth-order valence-electron chi connectivity index (χ4n) is 0.655. The van der Waals surface area contributed by atoms with Crippen LogP contribution in [0.2, 0.25) is 0 Å². The van der Waals surface area contributed by atoms with Gasteiger partial charge in [-0.1, -0.05) is 0 Å². The van der Waals surface area contributed by atoms with Gasteiger partial charge in [0.1, 0.15) is 0 Å². The van der Waals surface area contributed by atoms with Gasteiger partial charge in [-0.25, -0.2) is 0 Å². The van der Waals surface area contributed by atoms with E-state index in [0.717, 1.165) is 6.54 Å². The van der Waals surface area contributed by atoms with Crippen LogP contribution in [0.15, 0.2) is 16.6 Å². The Hall–Kier alpha value is -0.630. The maximum atomic E-state index is 5.55. The lowest BCUT2D eigenvalue weighted by Crippen LogP contribution is -2.18. The highest BCUT2D eigenvalue weighted by molar-refractivity contribution is 5.75. The van der Waals surface area contributed by atoms with E-state index in [0.29, 0.717) is 0 Å². The summed E-state index contributed by atoms with van der Waals surface area (Å²) in [4.78, 5) is 3.99. The minimum Gasteiger partial charge on any atom is -0.324 e. The molecule has 0 aromatic heterocycles. The van der Waals surface area contributed by atoms with Gasteiger partial charge in [0.2, 0.25) is 0 Å². The Bertz CT molecular complexity index is 133. The molecule has 0 amide bonds. The normalized spacial score (nSPS) is 21.0. The Balaban J connectivity index is 2.51. The minimum atomic E-state index is 0.178. The summed E-state index contributed by atoms with van der Waals surface area (Å²) in [6.07, 6.45) is 3.78. The summed E-state index contributed by atoms with van der Waals surface area (Å²) in [5, 5.41) is 0. The van der Waals surface area contributed by atoms with E-state index >= 15 is 0 Å². The maximum absolute atomic E-state index is 5.55. The molecule has 44 valence electrons. The van der Waals surface area contributed by atoms with Crippen LogP contribution in [0.5, 0.6) is 0 Å². The van der Waals surface area contributed by atoms with E-state index in [1.54, 1.807) is 6.21 Å². The molecule has 0 bridgehead atoms. The van der Waals surface area contributed by atoms with Gasteiger partial charge in [0.15, 0.2) is 0 Å². The van der Waals surface area contributed by atoms with E-state index < -0.39 is 0 Å². The zero-order valence-electron chi connectivity index (χ0n) is 4.96. The molecule has 0 unspecified atom stereocenters. The first-order valence-electron chi connectivity index (χ1n) is 2.75. The van der Waals surface area contributed by atoms with Crippen molar-refractivity contribution in [1.82, 2.24) is 0 Å². The molecule has 1 rings (SSSR count). The number of hydrogen-bond donors (Lipinski definition) is 1. The molecule has 2 nitrogen and oxygen atoms in total. The van der Waals surface area contributed by atoms with Crippen molar-refractivity contribution in [2.75, 3.05) is 6.54 Å². The molecule has 0 radical (unpaired) electrons. The molecule has 0 fully saturated rings. The molecule has 1 aliphatic rings. The predicted octanol–water partition coefficient (Wildman–Crippen LogP) is 0.344. The van der Waals surface area contributed by atoms with Crippen molar-refractivity contribution in [3.63, 3.8) is 0 Å². The van der Waals surface area contributed by atoms with Crippen molar-refractivity contribution in [3.8, 4) is 0 Å². The quantitative estimate of drug-likeness (QED) is 0.519. The maximum Gasteiger partial charge on any atom is 0.0618 e. The van der Waals surface area contributed by atoms with Gasteiger partial charge in [-0.15, -0.1) is 0 Å². The van der Waals surface area contributed by atoms with Crippen molar-refractivity contribution in [2.45, 2.75) is 13.0 Å². The summed E-state index contributed by atoms with van der Waals surface area (Å²) in [5.74, 6) is 0. The summed E-state index contributed by atoms with van der Waals surface area (Å²) in [7, 11) is 0. The highest BCUT2D eigenvalue weighted by Gasteiger charge is 2.03. The van der Waals surface area contributed by atoms with E-state index in [9.17, 15) is 0 Å². The van der Waals surface area contributed by atoms with E-state index in [1.165, 1.54) is 5.57 Å². The highest BCUT2D eigenvalue weighted by Crippen LogP contribution is 2.02. The van der Waals surface area contributed by atoms with Crippen LogP contribution < -0.4 is 5.73 Å². The van der Waals surface area contributed by atoms with E-state index in [-0.39, 0.29) is 6.04 Å². The van der Waals surface area contributed by atoms with Crippen LogP contribution >= 0.6 is 0 Å². The second-order valence-corrected chi connectivity index (χ2v) is 2.02. The van der Waals surface area contributed by atoms with Gasteiger partial charge >= 0.3 is 0 Å². The summed E-state index contributed by atoms with van der Waals surface area (Å²) < 4.78 is 0. The summed E-state index contributed by atoms with van der Waals surface area (Å²) in [6, 6.07) is 0.178. The Morgan fingerprint density at radius 2 is 2.62 bits per heavy atom. The first kappa shape index (κ1) is 5.51. The molecule has 0 aromatic rings. The SMILES string of the molecule is C[C@H](N)C1=CC=NC1. The molecule has 0 saturated carbocycles. The number of hydrogen-bond acceptors (Lipinski definition) is 2. The number of rotatable bonds is 1. The average molecular weight is 110 g/mol.